The molecular weight excluding hydrogens is 344 g/mol. The molecule has 0 aliphatic carbocycles. The summed E-state index contributed by atoms with van der Waals surface area (Å²) < 4.78 is 11.3. The van der Waals surface area contributed by atoms with Gasteiger partial charge < -0.3 is 20.1 Å². The molecule has 1 heterocycles. The molecule has 0 amide bonds. The van der Waals surface area contributed by atoms with Crippen molar-refractivity contribution in [2.75, 3.05) is 18.5 Å². The highest BCUT2D eigenvalue weighted by Gasteiger charge is 2.20. The van der Waals surface area contributed by atoms with Crippen LogP contribution in [0.15, 0.2) is 36.4 Å². The highest BCUT2D eigenvalue weighted by atomic mass is 32.1. The van der Waals surface area contributed by atoms with Crippen molar-refractivity contribution in [1.82, 2.24) is 5.32 Å². The van der Waals surface area contributed by atoms with Crippen LogP contribution < -0.4 is 20.1 Å². The van der Waals surface area contributed by atoms with Crippen LogP contribution in [0.5, 0.6) is 11.5 Å². The normalized spacial score (nSPS) is 14.0. The Hall–Kier alpha value is -2.27. The summed E-state index contributed by atoms with van der Waals surface area (Å²) in [5.74, 6) is 1.96. The maximum atomic E-state index is 5.72. The zero-order chi connectivity index (χ0) is 18.7. The summed E-state index contributed by atoms with van der Waals surface area (Å²) in [6.07, 6.45) is 0. The first-order chi connectivity index (χ1) is 12.5. The zero-order valence-electron chi connectivity index (χ0n) is 15.8. The van der Waals surface area contributed by atoms with Crippen molar-refractivity contribution in [3.8, 4) is 11.5 Å². The molecule has 2 aromatic rings. The molecule has 0 bridgehead atoms. The Morgan fingerprint density at radius 3 is 2.50 bits per heavy atom. The van der Waals surface area contributed by atoms with Gasteiger partial charge in [0.05, 0.1) is 6.04 Å². The van der Waals surface area contributed by atoms with E-state index in [1.807, 2.05) is 24.3 Å². The fourth-order valence-electron chi connectivity index (χ4n) is 3.07. The largest absolute Gasteiger partial charge is 0.486 e. The van der Waals surface area contributed by atoms with Crippen LogP contribution in [0.1, 0.15) is 36.6 Å². The predicted octanol–water partition coefficient (Wildman–Crippen LogP) is 4.76. The van der Waals surface area contributed by atoms with E-state index < -0.39 is 0 Å². The molecule has 2 aromatic carbocycles. The van der Waals surface area contributed by atoms with Gasteiger partial charge in [-0.15, -0.1) is 0 Å². The molecule has 5 heteroatoms. The van der Waals surface area contributed by atoms with E-state index in [4.69, 9.17) is 21.7 Å². The Morgan fingerprint density at radius 1 is 1.04 bits per heavy atom. The Balaban J connectivity index is 1.76. The molecular formula is C21H26N2O2S. The average Bonchev–Trinajstić information content (AvgIpc) is 2.63. The number of benzene rings is 2. The van der Waals surface area contributed by atoms with E-state index in [9.17, 15) is 0 Å². The molecule has 1 atom stereocenters. The number of thiocarbonyl (C=S) groups is 1. The number of fused-ring (bicyclic) bond motifs is 1. The second kappa shape index (κ2) is 7.96. The van der Waals surface area contributed by atoms with Crippen molar-refractivity contribution in [2.45, 2.75) is 33.7 Å². The number of hydrogen-bond acceptors (Lipinski definition) is 3. The molecule has 0 saturated heterocycles. The molecule has 1 aliphatic rings. The SMILES string of the molecule is Cc1cccc(NC(=S)N[C@H](c2ccc3c(c2)OCCO3)C(C)C)c1C. The predicted molar refractivity (Wildman–Crippen MR) is 110 cm³/mol. The van der Waals surface area contributed by atoms with E-state index in [-0.39, 0.29) is 6.04 Å². The van der Waals surface area contributed by atoms with Gasteiger partial charge in [-0.3, -0.25) is 0 Å². The maximum absolute atomic E-state index is 5.72. The third-order valence-corrected chi connectivity index (χ3v) is 4.95. The minimum Gasteiger partial charge on any atom is -0.486 e. The molecule has 3 rings (SSSR count). The molecule has 4 nitrogen and oxygen atoms in total. The molecule has 0 fully saturated rings. The van der Waals surface area contributed by atoms with Crippen molar-refractivity contribution in [2.24, 2.45) is 5.92 Å². The first kappa shape index (κ1) is 18.5. The topological polar surface area (TPSA) is 42.5 Å². The summed E-state index contributed by atoms with van der Waals surface area (Å²) in [4.78, 5) is 0. The molecule has 2 N–H and O–H groups in total. The lowest BCUT2D eigenvalue weighted by atomic mass is 9.95. The van der Waals surface area contributed by atoms with Crippen LogP contribution in [-0.4, -0.2) is 18.3 Å². The molecule has 0 radical (unpaired) electrons. The molecule has 1 aliphatic heterocycles. The number of rotatable bonds is 4. The third kappa shape index (κ3) is 4.10. The van der Waals surface area contributed by atoms with Crippen molar-refractivity contribution in [3.63, 3.8) is 0 Å². The maximum Gasteiger partial charge on any atom is 0.171 e. The van der Waals surface area contributed by atoms with Gasteiger partial charge in [0.2, 0.25) is 0 Å². The lowest BCUT2D eigenvalue weighted by molar-refractivity contribution is 0.171. The van der Waals surface area contributed by atoms with E-state index in [1.54, 1.807) is 0 Å². The van der Waals surface area contributed by atoms with Gasteiger partial charge in [0.15, 0.2) is 16.6 Å². The van der Waals surface area contributed by atoms with Gasteiger partial charge in [-0.2, -0.15) is 0 Å². The monoisotopic (exact) mass is 370 g/mol. The summed E-state index contributed by atoms with van der Waals surface area (Å²) in [5.41, 5.74) is 4.61. The minimum absolute atomic E-state index is 0.0796. The lowest BCUT2D eigenvalue weighted by Gasteiger charge is -2.27. The number of aryl methyl sites for hydroxylation is 1. The summed E-state index contributed by atoms with van der Waals surface area (Å²) >= 11 is 5.58. The van der Waals surface area contributed by atoms with E-state index in [0.717, 1.165) is 22.7 Å². The van der Waals surface area contributed by atoms with Crippen molar-refractivity contribution >= 4 is 23.0 Å². The zero-order valence-corrected chi connectivity index (χ0v) is 16.6. The van der Waals surface area contributed by atoms with Crippen LogP contribution in [0.2, 0.25) is 0 Å². The van der Waals surface area contributed by atoms with E-state index >= 15 is 0 Å². The summed E-state index contributed by atoms with van der Waals surface area (Å²) in [5, 5.41) is 7.41. The third-order valence-electron chi connectivity index (χ3n) is 4.73. The van der Waals surface area contributed by atoms with Gasteiger partial charge >= 0.3 is 0 Å². The number of nitrogens with one attached hydrogen (secondary N) is 2. The van der Waals surface area contributed by atoms with Crippen molar-refractivity contribution in [1.29, 1.82) is 0 Å². The molecule has 0 unspecified atom stereocenters. The molecule has 0 aromatic heterocycles. The van der Waals surface area contributed by atoms with E-state index in [1.165, 1.54) is 11.1 Å². The molecule has 26 heavy (non-hydrogen) atoms. The van der Waals surface area contributed by atoms with Crippen molar-refractivity contribution < 1.29 is 9.47 Å². The van der Waals surface area contributed by atoms with Crippen LogP contribution in [0.4, 0.5) is 5.69 Å². The van der Waals surface area contributed by atoms with Gasteiger partial charge in [0, 0.05) is 5.69 Å². The highest BCUT2D eigenvalue weighted by molar-refractivity contribution is 7.80. The highest BCUT2D eigenvalue weighted by Crippen LogP contribution is 2.34. The Labute approximate surface area is 160 Å². The van der Waals surface area contributed by atoms with Crippen LogP contribution in [0.3, 0.4) is 0 Å². The van der Waals surface area contributed by atoms with E-state index in [0.29, 0.717) is 24.2 Å². The fourth-order valence-corrected chi connectivity index (χ4v) is 3.31. The van der Waals surface area contributed by atoms with Crippen LogP contribution in [0.25, 0.3) is 0 Å². The summed E-state index contributed by atoms with van der Waals surface area (Å²) in [7, 11) is 0. The summed E-state index contributed by atoms with van der Waals surface area (Å²) in [6.45, 7) is 9.74. The Bertz CT molecular complexity index is 805. The quantitative estimate of drug-likeness (QED) is 0.760. The average molecular weight is 371 g/mol. The number of ether oxygens (including phenoxy) is 2. The van der Waals surface area contributed by atoms with Crippen LogP contribution in [0, 0.1) is 19.8 Å². The Morgan fingerprint density at radius 2 is 1.77 bits per heavy atom. The number of anilines is 1. The van der Waals surface area contributed by atoms with Gasteiger partial charge in [-0.1, -0.05) is 32.0 Å². The lowest BCUT2D eigenvalue weighted by Crippen LogP contribution is -2.35. The van der Waals surface area contributed by atoms with Gasteiger partial charge in [-0.05, 0) is 66.9 Å². The minimum atomic E-state index is 0.0796. The van der Waals surface area contributed by atoms with Crippen LogP contribution in [-0.2, 0) is 0 Å². The standard InChI is InChI=1S/C21H26N2O2S/c1-13(2)20(16-8-9-18-19(12-16)25-11-10-24-18)23-21(26)22-17-7-5-6-14(3)15(17)4/h5-9,12-13,20H,10-11H2,1-4H3,(H2,22,23,26)/t20-/m0/s1. The first-order valence-corrected chi connectivity index (χ1v) is 9.40. The van der Waals surface area contributed by atoms with Gasteiger partial charge in [0.25, 0.3) is 0 Å². The molecule has 138 valence electrons. The first-order valence-electron chi connectivity index (χ1n) is 8.99. The second-order valence-electron chi connectivity index (χ2n) is 6.97. The Kier molecular flexibility index (Phi) is 5.67. The van der Waals surface area contributed by atoms with Crippen LogP contribution >= 0.6 is 12.2 Å². The fraction of sp³-hybridized carbons (Fsp3) is 0.381. The second-order valence-corrected chi connectivity index (χ2v) is 7.38. The summed E-state index contributed by atoms with van der Waals surface area (Å²) in [6, 6.07) is 12.4. The van der Waals surface area contributed by atoms with E-state index in [2.05, 4.69) is 50.5 Å². The van der Waals surface area contributed by atoms with Gasteiger partial charge in [-0.25, -0.2) is 0 Å². The smallest absolute Gasteiger partial charge is 0.171 e. The molecule has 0 spiro atoms. The van der Waals surface area contributed by atoms with Gasteiger partial charge in [0.1, 0.15) is 13.2 Å². The van der Waals surface area contributed by atoms with Crippen molar-refractivity contribution in [3.05, 3.63) is 53.1 Å². The molecule has 0 saturated carbocycles. The number of hydrogen-bond donors (Lipinski definition) is 2.